The molecule has 74 valence electrons. The first-order valence-electron chi connectivity index (χ1n) is 4.31. The molecule has 1 aromatic heterocycles. The summed E-state index contributed by atoms with van der Waals surface area (Å²) in [5, 5.41) is 0. The van der Waals surface area contributed by atoms with E-state index in [0.717, 1.165) is 11.5 Å². The maximum Gasteiger partial charge on any atom is 0.226 e. The maximum absolute atomic E-state index is 11.0. The van der Waals surface area contributed by atoms with Crippen LogP contribution in [0, 0.1) is 5.92 Å². The molecule has 1 aromatic rings. The van der Waals surface area contributed by atoms with Gasteiger partial charge in [-0.25, -0.2) is 0 Å². The summed E-state index contributed by atoms with van der Waals surface area (Å²) in [4.78, 5) is 16.3. The molecule has 2 heterocycles. The Morgan fingerprint density at radius 2 is 2.57 bits per heavy atom. The average molecular weight is 227 g/mol. The highest BCUT2D eigenvalue weighted by molar-refractivity contribution is 8.74. The Kier molecular flexibility index (Phi) is 2.98. The summed E-state index contributed by atoms with van der Waals surface area (Å²) in [6.07, 6.45) is 3.64. The van der Waals surface area contributed by atoms with Crippen molar-refractivity contribution >= 4 is 26.6 Å². The lowest BCUT2D eigenvalue weighted by molar-refractivity contribution is -0.120. The van der Waals surface area contributed by atoms with Crippen LogP contribution in [0.15, 0.2) is 29.4 Å². The summed E-state index contributed by atoms with van der Waals surface area (Å²) in [6, 6.07) is 3.99. The molecule has 3 nitrogen and oxygen atoms in total. The first-order valence-corrected chi connectivity index (χ1v) is 7.20. The van der Waals surface area contributed by atoms with E-state index in [0.29, 0.717) is 0 Å². The SMILES string of the molecule is NC(=O)C1CS[S+](c2cccnc2)C1. The fourth-order valence-corrected chi connectivity index (χ4v) is 5.97. The van der Waals surface area contributed by atoms with E-state index in [1.54, 1.807) is 6.20 Å². The molecule has 0 bridgehead atoms. The molecule has 2 N–H and O–H groups in total. The zero-order valence-electron chi connectivity index (χ0n) is 7.55. The molecule has 5 heteroatoms. The largest absolute Gasteiger partial charge is 0.369 e. The van der Waals surface area contributed by atoms with Crippen molar-refractivity contribution in [2.75, 3.05) is 11.5 Å². The van der Waals surface area contributed by atoms with E-state index >= 15 is 0 Å². The summed E-state index contributed by atoms with van der Waals surface area (Å²) >= 11 is 0. The monoisotopic (exact) mass is 227 g/mol. The summed E-state index contributed by atoms with van der Waals surface area (Å²) < 4.78 is 0. The lowest BCUT2D eigenvalue weighted by atomic mass is 10.2. The Morgan fingerprint density at radius 3 is 3.14 bits per heavy atom. The van der Waals surface area contributed by atoms with E-state index < -0.39 is 0 Å². The van der Waals surface area contributed by atoms with Crippen LogP contribution >= 0.6 is 10.8 Å². The number of nitrogens with zero attached hydrogens (tertiary/aromatic N) is 1. The molecule has 2 atom stereocenters. The number of pyridine rings is 1. The van der Waals surface area contributed by atoms with Gasteiger partial charge in [0.05, 0.1) is 38.6 Å². The van der Waals surface area contributed by atoms with Crippen molar-refractivity contribution in [3.05, 3.63) is 24.5 Å². The molecule has 0 radical (unpaired) electrons. The van der Waals surface area contributed by atoms with Crippen LogP contribution in [-0.4, -0.2) is 22.4 Å². The summed E-state index contributed by atoms with van der Waals surface area (Å²) in [7, 11) is 1.93. The minimum Gasteiger partial charge on any atom is -0.369 e. The molecule has 1 aliphatic heterocycles. The number of carbonyl (C=O) groups excluding carboxylic acids is 1. The van der Waals surface area contributed by atoms with E-state index in [9.17, 15) is 4.79 Å². The van der Waals surface area contributed by atoms with Gasteiger partial charge in [-0.2, -0.15) is 0 Å². The van der Waals surface area contributed by atoms with Crippen LogP contribution in [-0.2, 0) is 14.7 Å². The topological polar surface area (TPSA) is 56.0 Å². The molecule has 14 heavy (non-hydrogen) atoms. The van der Waals surface area contributed by atoms with Gasteiger partial charge in [0.25, 0.3) is 0 Å². The van der Waals surface area contributed by atoms with Crippen LogP contribution in [0.5, 0.6) is 0 Å². The van der Waals surface area contributed by atoms with Gasteiger partial charge < -0.3 is 5.73 Å². The number of amides is 1. The fraction of sp³-hybridized carbons (Fsp3) is 0.333. The number of rotatable bonds is 2. The highest BCUT2D eigenvalue weighted by Gasteiger charge is 2.39. The van der Waals surface area contributed by atoms with Crippen LogP contribution in [0.1, 0.15) is 0 Å². The van der Waals surface area contributed by atoms with E-state index in [1.807, 2.05) is 23.1 Å². The van der Waals surface area contributed by atoms with Crippen LogP contribution in [0.2, 0.25) is 0 Å². The highest BCUT2D eigenvalue weighted by Crippen LogP contribution is 2.35. The number of carbonyl (C=O) groups is 1. The maximum atomic E-state index is 11.0. The Morgan fingerprint density at radius 1 is 1.71 bits per heavy atom. The fourth-order valence-electron chi connectivity index (χ4n) is 1.25. The van der Waals surface area contributed by atoms with Crippen LogP contribution in [0.3, 0.4) is 0 Å². The summed E-state index contributed by atoms with van der Waals surface area (Å²) in [5.41, 5.74) is 5.27. The zero-order valence-corrected chi connectivity index (χ0v) is 9.18. The standard InChI is InChI=1S/C9H10N2OS2/c10-9(12)7-5-13-14(6-7)8-2-1-3-11-4-8/h1-4,7H,5-6H2,(H-,10,12)/p+1. The van der Waals surface area contributed by atoms with E-state index in [4.69, 9.17) is 5.73 Å². The van der Waals surface area contributed by atoms with Crippen molar-refractivity contribution in [2.45, 2.75) is 4.90 Å². The molecule has 2 rings (SSSR count). The van der Waals surface area contributed by atoms with Crippen molar-refractivity contribution < 1.29 is 4.79 Å². The highest BCUT2D eigenvalue weighted by atomic mass is 33.1. The molecular weight excluding hydrogens is 216 g/mol. The first-order chi connectivity index (χ1) is 6.77. The Balaban J connectivity index is 2.06. The molecule has 0 saturated carbocycles. The van der Waals surface area contributed by atoms with Gasteiger partial charge in [-0.3, -0.25) is 9.78 Å². The predicted molar refractivity (Wildman–Crippen MR) is 59.9 cm³/mol. The number of hydrogen-bond donors (Lipinski definition) is 1. The van der Waals surface area contributed by atoms with Crippen molar-refractivity contribution in [1.82, 2.24) is 4.98 Å². The molecule has 0 spiro atoms. The third-order valence-electron chi connectivity index (χ3n) is 2.06. The number of aromatic nitrogens is 1. The Labute approximate surface area is 89.2 Å². The van der Waals surface area contributed by atoms with Gasteiger partial charge in [0.15, 0.2) is 4.90 Å². The first kappa shape index (κ1) is 9.86. The Hall–Kier alpha value is -0.680. The second-order valence-electron chi connectivity index (χ2n) is 3.08. The van der Waals surface area contributed by atoms with Gasteiger partial charge in [-0.1, -0.05) is 0 Å². The van der Waals surface area contributed by atoms with Crippen molar-refractivity contribution in [2.24, 2.45) is 11.7 Å². The molecule has 2 unspecified atom stereocenters. The van der Waals surface area contributed by atoms with E-state index in [-0.39, 0.29) is 21.8 Å². The van der Waals surface area contributed by atoms with Gasteiger partial charge in [0.2, 0.25) is 5.91 Å². The lowest BCUT2D eigenvalue weighted by Gasteiger charge is -1.97. The number of hydrogen-bond acceptors (Lipinski definition) is 3. The summed E-state index contributed by atoms with van der Waals surface area (Å²) in [5.74, 6) is 1.61. The van der Waals surface area contributed by atoms with Gasteiger partial charge in [-0.15, -0.1) is 0 Å². The van der Waals surface area contributed by atoms with Crippen LogP contribution < -0.4 is 5.73 Å². The average Bonchev–Trinajstić information content (AvgIpc) is 2.68. The molecular formula is C9H11N2OS2+. The van der Waals surface area contributed by atoms with Crippen molar-refractivity contribution in [3.63, 3.8) is 0 Å². The second kappa shape index (κ2) is 4.23. The number of primary amides is 1. The van der Waals surface area contributed by atoms with E-state index in [2.05, 4.69) is 11.1 Å². The minimum absolute atomic E-state index is 0.0449. The van der Waals surface area contributed by atoms with Gasteiger partial charge >= 0.3 is 0 Å². The molecule has 0 aliphatic carbocycles. The lowest BCUT2D eigenvalue weighted by Crippen LogP contribution is -2.25. The predicted octanol–water partition coefficient (Wildman–Crippen LogP) is 0.822. The third-order valence-corrected chi connectivity index (χ3v) is 6.61. The quantitative estimate of drug-likeness (QED) is 0.601. The van der Waals surface area contributed by atoms with Crippen molar-refractivity contribution in [3.8, 4) is 0 Å². The molecule has 0 aromatic carbocycles. The molecule has 1 saturated heterocycles. The normalized spacial score (nSPS) is 26.3. The Bertz CT molecular complexity index is 331. The van der Waals surface area contributed by atoms with Gasteiger partial charge in [0.1, 0.15) is 5.75 Å². The molecule has 1 aliphatic rings. The minimum atomic E-state index is -0.170. The van der Waals surface area contributed by atoms with Crippen LogP contribution in [0.25, 0.3) is 0 Å². The van der Waals surface area contributed by atoms with Crippen LogP contribution in [0.4, 0.5) is 0 Å². The third kappa shape index (κ3) is 2.04. The number of nitrogens with two attached hydrogens (primary N) is 1. The molecule has 1 amide bonds. The second-order valence-corrected chi connectivity index (χ2v) is 7.06. The zero-order chi connectivity index (χ0) is 9.97. The van der Waals surface area contributed by atoms with Gasteiger partial charge in [-0.05, 0) is 12.1 Å². The molecule has 1 fully saturated rings. The summed E-state index contributed by atoms with van der Waals surface area (Å²) in [6.45, 7) is 0. The van der Waals surface area contributed by atoms with E-state index in [1.165, 1.54) is 4.90 Å². The smallest absolute Gasteiger partial charge is 0.226 e. The van der Waals surface area contributed by atoms with Gasteiger partial charge in [0, 0.05) is 6.20 Å². The van der Waals surface area contributed by atoms with Crippen molar-refractivity contribution in [1.29, 1.82) is 0 Å².